The minimum Gasteiger partial charge on any atom is -0.389 e. The fraction of sp³-hybridized carbons (Fsp3) is 0.643. The summed E-state index contributed by atoms with van der Waals surface area (Å²) in [5.74, 6) is 0.132. The number of H-pyrrole nitrogens is 1. The van der Waals surface area contributed by atoms with Crippen LogP contribution < -0.4 is 11.1 Å². The fourth-order valence-corrected chi connectivity index (χ4v) is 2.61. The minimum atomic E-state index is -0.748. The van der Waals surface area contributed by atoms with Crippen molar-refractivity contribution >= 4 is 5.91 Å². The molecule has 5 nitrogen and oxygen atoms in total. The third-order valence-electron chi connectivity index (χ3n) is 4.04. The van der Waals surface area contributed by atoms with Crippen LogP contribution in [0.3, 0.4) is 0 Å². The number of aliphatic hydroxyl groups is 1. The zero-order valence-corrected chi connectivity index (χ0v) is 11.2. The maximum Gasteiger partial charge on any atom is 0.223 e. The highest BCUT2D eigenvalue weighted by molar-refractivity contribution is 5.78. The fourth-order valence-electron chi connectivity index (χ4n) is 2.61. The molecule has 0 atom stereocenters. The summed E-state index contributed by atoms with van der Waals surface area (Å²) in [6, 6.07) is 2.01. The van der Waals surface area contributed by atoms with Crippen LogP contribution in [0.5, 0.6) is 0 Å². The largest absolute Gasteiger partial charge is 0.389 e. The number of nitrogens with one attached hydrogen (secondary N) is 2. The number of hydrogen-bond donors (Lipinski definition) is 4. The number of amides is 1. The normalized spacial score (nSPS) is 27.2. The van der Waals surface area contributed by atoms with Crippen LogP contribution in [0, 0.1) is 5.92 Å². The van der Waals surface area contributed by atoms with Crippen molar-refractivity contribution in [3.63, 3.8) is 0 Å². The molecule has 1 fully saturated rings. The maximum atomic E-state index is 12.0. The lowest BCUT2D eigenvalue weighted by Gasteiger charge is -2.34. The van der Waals surface area contributed by atoms with E-state index in [-0.39, 0.29) is 18.4 Å². The highest BCUT2D eigenvalue weighted by atomic mass is 16.3. The molecule has 5 N–H and O–H groups in total. The van der Waals surface area contributed by atoms with Crippen LogP contribution in [0.15, 0.2) is 18.5 Å². The van der Waals surface area contributed by atoms with Gasteiger partial charge in [-0.25, -0.2) is 0 Å². The van der Waals surface area contributed by atoms with E-state index in [2.05, 4.69) is 10.3 Å². The van der Waals surface area contributed by atoms with E-state index >= 15 is 0 Å². The Balaban J connectivity index is 1.70. The molecular weight excluding hydrogens is 242 g/mol. The molecule has 1 amide bonds. The van der Waals surface area contributed by atoms with Gasteiger partial charge >= 0.3 is 0 Å². The standard InChI is InChI=1S/C14H23N3O2/c15-10-14(19)5-1-12(2-6-14)13(18)17-8-4-11-3-7-16-9-11/h3,7,9,12,16,19H,1-2,4-6,8,10,15H2,(H,17,18). The Bertz CT molecular complexity index is 395. The van der Waals surface area contributed by atoms with Crippen molar-refractivity contribution in [2.45, 2.75) is 37.7 Å². The maximum absolute atomic E-state index is 12.0. The van der Waals surface area contributed by atoms with E-state index in [1.807, 2.05) is 18.5 Å². The van der Waals surface area contributed by atoms with E-state index in [9.17, 15) is 9.90 Å². The van der Waals surface area contributed by atoms with Crippen molar-refractivity contribution in [2.75, 3.05) is 13.1 Å². The van der Waals surface area contributed by atoms with Gasteiger partial charge in [-0.3, -0.25) is 4.79 Å². The van der Waals surface area contributed by atoms with Gasteiger partial charge in [0.1, 0.15) is 0 Å². The average Bonchev–Trinajstić information content (AvgIpc) is 2.92. The predicted molar refractivity (Wildman–Crippen MR) is 73.5 cm³/mol. The molecule has 1 aromatic heterocycles. The van der Waals surface area contributed by atoms with Gasteiger partial charge in [0, 0.05) is 31.4 Å². The van der Waals surface area contributed by atoms with Gasteiger partial charge in [-0.15, -0.1) is 0 Å². The van der Waals surface area contributed by atoms with Gasteiger partial charge in [0.2, 0.25) is 5.91 Å². The Morgan fingerprint density at radius 2 is 2.26 bits per heavy atom. The molecule has 2 rings (SSSR count). The molecule has 0 aliphatic heterocycles. The van der Waals surface area contributed by atoms with Gasteiger partial charge < -0.3 is 21.1 Å². The van der Waals surface area contributed by atoms with Gasteiger partial charge in [0.05, 0.1) is 5.60 Å². The van der Waals surface area contributed by atoms with E-state index in [1.165, 1.54) is 5.56 Å². The lowest BCUT2D eigenvalue weighted by atomic mass is 9.78. The van der Waals surface area contributed by atoms with E-state index in [0.717, 1.165) is 19.3 Å². The molecule has 0 unspecified atom stereocenters. The molecule has 0 aromatic carbocycles. The number of carbonyl (C=O) groups is 1. The Hall–Kier alpha value is -1.33. The zero-order chi connectivity index (χ0) is 13.7. The van der Waals surface area contributed by atoms with E-state index < -0.39 is 5.60 Å². The Labute approximate surface area is 113 Å². The molecule has 5 heteroatoms. The van der Waals surface area contributed by atoms with Crippen LogP contribution in [0.1, 0.15) is 31.2 Å². The SMILES string of the molecule is NCC1(O)CCC(C(=O)NCCc2cc[nH]c2)CC1. The third kappa shape index (κ3) is 3.81. The summed E-state index contributed by atoms with van der Waals surface area (Å²) in [6.07, 6.45) is 7.36. The predicted octanol–water partition coefficient (Wildman–Crippen LogP) is 0.553. The first-order chi connectivity index (χ1) is 9.13. The summed E-state index contributed by atoms with van der Waals surface area (Å²) in [6.45, 7) is 0.948. The molecule has 1 aromatic rings. The monoisotopic (exact) mass is 265 g/mol. The number of carbonyl (C=O) groups excluding carboxylic acids is 1. The first kappa shape index (κ1) is 14.1. The second kappa shape index (κ2) is 6.21. The summed E-state index contributed by atoms with van der Waals surface area (Å²) in [5.41, 5.74) is 5.99. The Kier molecular flexibility index (Phi) is 4.61. The number of nitrogens with two attached hydrogens (primary N) is 1. The Morgan fingerprint density at radius 1 is 1.53 bits per heavy atom. The average molecular weight is 265 g/mol. The summed E-state index contributed by atoms with van der Waals surface area (Å²) in [7, 11) is 0. The van der Waals surface area contributed by atoms with Crippen LogP contribution in [0.4, 0.5) is 0 Å². The van der Waals surface area contributed by atoms with Crippen LogP contribution in [-0.2, 0) is 11.2 Å². The quantitative estimate of drug-likeness (QED) is 0.626. The van der Waals surface area contributed by atoms with E-state index in [1.54, 1.807) is 0 Å². The van der Waals surface area contributed by atoms with Crippen molar-refractivity contribution < 1.29 is 9.90 Å². The van der Waals surface area contributed by atoms with Crippen molar-refractivity contribution in [1.29, 1.82) is 0 Å². The molecule has 1 saturated carbocycles. The third-order valence-corrected chi connectivity index (χ3v) is 4.04. The number of aromatic nitrogens is 1. The molecule has 1 aliphatic carbocycles. The highest BCUT2D eigenvalue weighted by Crippen LogP contribution is 2.31. The molecule has 1 aliphatic rings. The van der Waals surface area contributed by atoms with E-state index in [4.69, 9.17) is 5.73 Å². The van der Waals surface area contributed by atoms with Gasteiger partial charge in [0.25, 0.3) is 0 Å². The summed E-state index contributed by atoms with van der Waals surface area (Å²) < 4.78 is 0. The summed E-state index contributed by atoms with van der Waals surface area (Å²) in [4.78, 5) is 15.0. The molecular formula is C14H23N3O2. The number of aromatic amines is 1. The molecule has 0 radical (unpaired) electrons. The number of rotatable bonds is 5. The summed E-state index contributed by atoms with van der Waals surface area (Å²) in [5, 5.41) is 13.0. The van der Waals surface area contributed by atoms with Crippen LogP contribution in [-0.4, -0.2) is 34.7 Å². The molecule has 1 heterocycles. The Morgan fingerprint density at radius 3 is 2.84 bits per heavy atom. The van der Waals surface area contributed by atoms with Gasteiger partial charge in [-0.05, 0) is 43.7 Å². The molecule has 0 saturated heterocycles. The zero-order valence-electron chi connectivity index (χ0n) is 11.2. The second-order valence-corrected chi connectivity index (χ2v) is 5.46. The molecule has 0 bridgehead atoms. The van der Waals surface area contributed by atoms with Gasteiger partial charge in [0.15, 0.2) is 0 Å². The van der Waals surface area contributed by atoms with E-state index in [0.29, 0.717) is 19.4 Å². The topological polar surface area (TPSA) is 91.1 Å². The van der Waals surface area contributed by atoms with Gasteiger partial charge in [-0.2, -0.15) is 0 Å². The van der Waals surface area contributed by atoms with Crippen molar-refractivity contribution in [3.05, 3.63) is 24.0 Å². The minimum absolute atomic E-state index is 0.0260. The first-order valence-corrected chi connectivity index (χ1v) is 6.95. The molecule has 106 valence electrons. The molecule has 0 spiro atoms. The van der Waals surface area contributed by atoms with Crippen LogP contribution >= 0.6 is 0 Å². The van der Waals surface area contributed by atoms with Crippen molar-refractivity contribution in [2.24, 2.45) is 11.7 Å². The lowest BCUT2D eigenvalue weighted by Crippen LogP contribution is -2.44. The smallest absolute Gasteiger partial charge is 0.223 e. The van der Waals surface area contributed by atoms with Crippen LogP contribution in [0.25, 0.3) is 0 Å². The molecule has 19 heavy (non-hydrogen) atoms. The lowest BCUT2D eigenvalue weighted by molar-refractivity contribution is -0.127. The first-order valence-electron chi connectivity index (χ1n) is 6.95. The van der Waals surface area contributed by atoms with Crippen molar-refractivity contribution in [1.82, 2.24) is 10.3 Å². The van der Waals surface area contributed by atoms with Crippen LogP contribution in [0.2, 0.25) is 0 Å². The summed E-state index contributed by atoms with van der Waals surface area (Å²) >= 11 is 0. The van der Waals surface area contributed by atoms with Crippen molar-refractivity contribution in [3.8, 4) is 0 Å². The number of hydrogen-bond acceptors (Lipinski definition) is 3. The van der Waals surface area contributed by atoms with Gasteiger partial charge in [-0.1, -0.05) is 0 Å². The second-order valence-electron chi connectivity index (χ2n) is 5.46. The highest BCUT2D eigenvalue weighted by Gasteiger charge is 2.34.